The number of hydrogen-bond acceptors (Lipinski definition) is 7. The summed E-state index contributed by atoms with van der Waals surface area (Å²) in [5.74, 6) is 4.92. The Labute approximate surface area is 302 Å². The smallest absolute Gasteiger partial charge is 0.163 e. The highest BCUT2D eigenvalue weighted by Crippen LogP contribution is 2.55. The van der Waals surface area contributed by atoms with E-state index >= 15 is 0 Å². The fourth-order valence-corrected chi connectivity index (χ4v) is 7.74. The van der Waals surface area contributed by atoms with Gasteiger partial charge in [-0.25, -0.2) is 15.0 Å². The van der Waals surface area contributed by atoms with Gasteiger partial charge in [0, 0.05) is 16.8 Å². The summed E-state index contributed by atoms with van der Waals surface area (Å²) in [7, 11) is 0. The van der Waals surface area contributed by atoms with Crippen molar-refractivity contribution in [3.05, 3.63) is 175 Å². The monoisotopic (exact) mass is 675 g/mol. The van der Waals surface area contributed by atoms with E-state index in [2.05, 4.69) is 88.7 Å². The first kappa shape index (κ1) is 30.1. The third-order valence-electron chi connectivity index (χ3n) is 10.0. The molecule has 0 saturated carbocycles. The van der Waals surface area contributed by atoms with Gasteiger partial charge < -0.3 is 19.3 Å². The molecule has 0 spiro atoms. The molecule has 3 aliphatic rings. The summed E-state index contributed by atoms with van der Waals surface area (Å²) in [6.45, 7) is 0. The van der Waals surface area contributed by atoms with Gasteiger partial charge >= 0.3 is 0 Å². The Kier molecular flexibility index (Phi) is 7.27. The van der Waals surface area contributed by atoms with Crippen molar-refractivity contribution >= 4 is 22.7 Å². The molecular weight excluding hydrogens is 643 g/mol. The lowest BCUT2D eigenvalue weighted by atomic mass is 9.82. The van der Waals surface area contributed by atoms with Crippen LogP contribution in [-0.4, -0.2) is 21.0 Å². The minimum absolute atomic E-state index is 0.0944. The van der Waals surface area contributed by atoms with E-state index < -0.39 is 0 Å². The van der Waals surface area contributed by atoms with E-state index in [0.717, 1.165) is 75.4 Å². The second kappa shape index (κ2) is 12.5. The van der Waals surface area contributed by atoms with Crippen molar-refractivity contribution in [1.82, 2.24) is 15.0 Å². The first-order chi connectivity index (χ1) is 25.8. The highest BCUT2D eigenvalue weighted by atomic mass is 16.5. The maximum atomic E-state index is 6.51. The Balaban J connectivity index is 1.24. The number of fused-ring (bicyclic) bond motifs is 4. The molecule has 0 amide bonds. The molecule has 1 aromatic heterocycles. The lowest BCUT2D eigenvalue weighted by molar-refractivity contribution is 0.438. The Bertz CT molecular complexity index is 2320. The number of aromatic nitrogens is 3. The standard InChI is InChI=1S/C45H33N5O2/c1-3-16-30(17-4-1)43-46-44(31-18-5-2-6-19-31)48-45(47-43)42-36(49-32-20-7-11-26-38(32)51-39-27-12-8-21-33(39)49)24-15-25-37(42)50-34-22-9-13-28-40(34)52-41-29-14-10-23-35(41)50/h1-14,16-24,26-29,37,42H,15,25H2. The van der Waals surface area contributed by atoms with Crippen molar-refractivity contribution in [1.29, 1.82) is 0 Å². The molecule has 0 bridgehead atoms. The normalized spacial score (nSPS) is 17.0. The zero-order valence-corrected chi connectivity index (χ0v) is 28.2. The summed E-state index contributed by atoms with van der Waals surface area (Å²) in [6, 6.07) is 53.4. The van der Waals surface area contributed by atoms with Gasteiger partial charge in [0.15, 0.2) is 34.6 Å². The molecule has 3 heterocycles. The molecule has 6 aromatic carbocycles. The highest BCUT2D eigenvalue weighted by molar-refractivity contribution is 5.83. The molecule has 10 rings (SSSR count). The Hall–Kier alpha value is -6.73. The van der Waals surface area contributed by atoms with Crippen molar-refractivity contribution in [3.63, 3.8) is 0 Å². The second-order valence-corrected chi connectivity index (χ2v) is 13.1. The molecule has 0 radical (unpaired) electrons. The van der Waals surface area contributed by atoms with Crippen LogP contribution in [0.3, 0.4) is 0 Å². The summed E-state index contributed by atoms with van der Waals surface area (Å²) in [5, 5.41) is 0. The van der Waals surface area contributed by atoms with Crippen LogP contribution in [0.25, 0.3) is 22.8 Å². The molecular formula is C45H33N5O2. The van der Waals surface area contributed by atoms with Gasteiger partial charge in [0.2, 0.25) is 0 Å². The molecule has 250 valence electrons. The number of benzene rings is 6. The second-order valence-electron chi connectivity index (χ2n) is 13.1. The summed E-state index contributed by atoms with van der Waals surface area (Å²) in [6.07, 6.45) is 4.08. The summed E-state index contributed by atoms with van der Waals surface area (Å²) in [4.78, 5) is 20.7. The van der Waals surface area contributed by atoms with Crippen LogP contribution in [0.2, 0.25) is 0 Å². The summed E-state index contributed by atoms with van der Waals surface area (Å²) >= 11 is 0. The molecule has 0 saturated heterocycles. The average Bonchev–Trinajstić information content (AvgIpc) is 3.22. The number of allylic oxidation sites excluding steroid dienone is 1. The third kappa shape index (κ3) is 5.09. The third-order valence-corrected chi connectivity index (χ3v) is 10.0. The van der Waals surface area contributed by atoms with Gasteiger partial charge in [-0.15, -0.1) is 0 Å². The Morgan fingerprint density at radius 1 is 0.462 bits per heavy atom. The van der Waals surface area contributed by atoms with Crippen LogP contribution in [-0.2, 0) is 0 Å². The van der Waals surface area contributed by atoms with Gasteiger partial charge in [0.25, 0.3) is 0 Å². The Morgan fingerprint density at radius 3 is 1.38 bits per heavy atom. The zero-order chi connectivity index (χ0) is 34.4. The number of para-hydroxylation sites is 8. The predicted octanol–water partition coefficient (Wildman–Crippen LogP) is 11.2. The van der Waals surface area contributed by atoms with Crippen LogP contribution < -0.4 is 19.3 Å². The number of hydrogen-bond donors (Lipinski definition) is 0. The number of rotatable bonds is 5. The van der Waals surface area contributed by atoms with Crippen LogP contribution in [0.5, 0.6) is 23.0 Å². The van der Waals surface area contributed by atoms with Crippen LogP contribution in [0.4, 0.5) is 22.7 Å². The van der Waals surface area contributed by atoms with Crippen LogP contribution >= 0.6 is 0 Å². The predicted molar refractivity (Wildman–Crippen MR) is 205 cm³/mol. The molecule has 2 unspecified atom stereocenters. The van der Waals surface area contributed by atoms with Crippen molar-refractivity contribution in [2.45, 2.75) is 24.8 Å². The van der Waals surface area contributed by atoms with Gasteiger partial charge in [0.1, 0.15) is 5.82 Å². The van der Waals surface area contributed by atoms with Crippen molar-refractivity contribution in [3.8, 4) is 45.8 Å². The lowest BCUT2D eigenvalue weighted by Crippen LogP contribution is -2.43. The van der Waals surface area contributed by atoms with Crippen LogP contribution in [0.15, 0.2) is 169 Å². The average molecular weight is 676 g/mol. The minimum Gasteiger partial charge on any atom is -0.453 e. The molecule has 7 aromatic rings. The number of ether oxygens (including phenoxy) is 2. The zero-order valence-electron chi connectivity index (χ0n) is 28.2. The highest BCUT2D eigenvalue weighted by Gasteiger charge is 2.43. The van der Waals surface area contributed by atoms with Crippen LogP contribution in [0.1, 0.15) is 24.6 Å². The van der Waals surface area contributed by atoms with Crippen molar-refractivity contribution in [2.75, 3.05) is 9.80 Å². The van der Waals surface area contributed by atoms with Crippen molar-refractivity contribution in [2.24, 2.45) is 0 Å². The van der Waals surface area contributed by atoms with E-state index in [4.69, 9.17) is 24.4 Å². The molecule has 7 heteroatoms. The molecule has 0 fully saturated rings. The van der Waals surface area contributed by atoms with E-state index in [1.807, 2.05) is 84.9 Å². The van der Waals surface area contributed by atoms with E-state index in [1.54, 1.807) is 0 Å². The topological polar surface area (TPSA) is 63.6 Å². The maximum Gasteiger partial charge on any atom is 0.163 e. The SMILES string of the molecule is C1=C(N2c3ccccc3Oc3ccccc32)C(c2nc(-c3ccccc3)nc(-c3ccccc3)n2)C(N2c3ccccc3Oc3ccccc32)CC1. The Morgan fingerprint density at radius 2 is 0.885 bits per heavy atom. The van der Waals surface area contributed by atoms with Gasteiger partial charge in [-0.3, -0.25) is 0 Å². The quantitative estimate of drug-likeness (QED) is 0.180. The van der Waals surface area contributed by atoms with Crippen LogP contribution in [0, 0.1) is 0 Å². The largest absolute Gasteiger partial charge is 0.453 e. The van der Waals surface area contributed by atoms with E-state index in [0.29, 0.717) is 17.5 Å². The maximum absolute atomic E-state index is 6.51. The van der Waals surface area contributed by atoms with Gasteiger partial charge in [-0.1, -0.05) is 115 Å². The van der Waals surface area contributed by atoms with E-state index in [9.17, 15) is 0 Å². The van der Waals surface area contributed by atoms with E-state index in [1.165, 1.54) is 0 Å². The summed E-state index contributed by atoms with van der Waals surface area (Å²) in [5.41, 5.74) is 6.94. The van der Waals surface area contributed by atoms with Gasteiger partial charge in [-0.2, -0.15) is 0 Å². The van der Waals surface area contributed by atoms with Crippen molar-refractivity contribution < 1.29 is 9.47 Å². The first-order valence-electron chi connectivity index (χ1n) is 17.7. The lowest BCUT2D eigenvalue weighted by Gasteiger charge is -2.46. The van der Waals surface area contributed by atoms with Gasteiger partial charge in [-0.05, 0) is 61.4 Å². The fourth-order valence-electron chi connectivity index (χ4n) is 7.74. The molecule has 52 heavy (non-hydrogen) atoms. The molecule has 2 atom stereocenters. The molecule has 0 N–H and O–H groups in total. The number of anilines is 4. The molecule has 7 nitrogen and oxygen atoms in total. The first-order valence-corrected chi connectivity index (χ1v) is 17.7. The molecule has 1 aliphatic carbocycles. The van der Waals surface area contributed by atoms with E-state index in [-0.39, 0.29) is 12.0 Å². The summed E-state index contributed by atoms with van der Waals surface area (Å²) < 4.78 is 13.0. The number of nitrogens with zero attached hydrogens (tertiary/aromatic N) is 5. The molecule has 2 aliphatic heterocycles. The minimum atomic E-state index is -0.305. The fraction of sp³-hybridized carbons (Fsp3) is 0.0889. The van der Waals surface area contributed by atoms with Gasteiger partial charge in [0.05, 0.1) is 34.7 Å².